The van der Waals surface area contributed by atoms with Gasteiger partial charge in [-0.05, 0) is 19.3 Å². The molecule has 0 aromatic heterocycles. The first-order valence-corrected chi connectivity index (χ1v) is 8.86. The maximum absolute atomic E-state index is 10.7. The molecule has 0 saturated heterocycles. The quantitative estimate of drug-likeness (QED) is 0.443. The Kier molecular flexibility index (Phi) is 12.8. The van der Waals surface area contributed by atoms with Gasteiger partial charge in [0.2, 0.25) is 0 Å². The smallest absolute Gasteiger partial charge is 0.308 e. The molecule has 0 heterocycles. The molecule has 21 heavy (non-hydrogen) atoms. The molecule has 0 aromatic carbocycles. The van der Waals surface area contributed by atoms with Crippen LogP contribution in [0.15, 0.2) is 0 Å². The Morgan fingerprint density at radius 2 is 1.14 bits per heavy atom. The topological polar surface area (TPSA) is 57.5 Å². The van der Waals surface area contributed by atoms with E-state index in [-0.39, 0.29) is 0 Å². The largest absolute Gasteiger partial charge is 0.481 e. The molecule has 0 fully saturated rings. The average Bonchev–Trinajstić information content (AvgIpc) is 2.43. The molecule has 126 valence electrons. The minimum absolute atomic E-state index is 0.614. The molecule has 0 aliphatic carbocycles. The van der Waals surface area contributed by atoms with Crippen LogP contribution in [0.2, 0.25) is 0 Å². The van der Waals surface area contributed by atoms with Gasteiger partial charge < -0.3 is 10.2 Å². The Morgan fingerprint density at radius 1 is 0.762 bits per heavy atom. The highest BCUT2D eigenvalue weighted by Gasteiger charge is 2.20. The van der Waals surface area contributed by atoms with E-state index in [4.69, 9.17) is 5.11 Å². The normalized spacial score (nSPS) is 14.3. The van der Waals surface area contributed by atoms with Gasteiger partial charge in [0.05, 0.1) is 12.0 Å². The Balaban J connectivity index is 3.24. The lowest BCUT2D eigenvalue weighted by Crippen LogP contribution is -2.25. The van der Waals surface area contributed by atoms with Crippen LogP contribution in [0, 0.1) is 11.8 Å². The van der Waals surface area contributed by atoms with Crippen molar-refractivity contribution in [1.82, 2.24) is 0 Å². The summed E-state index contributed by atoms with van der Waals surface area (Å²) in [5.74, 6) is -0.708. The van der Waals surface area contributed by atoms with E-state index in [0.717, 1.165) is 18.8 Å². The molecule has 0 aliphatic rings. The number of unbranched alkanes of at least 4 members (excludes halogenated alkanes) is 8. The van der Waals surface area contributed by atoms with Crippen LogP contribution >= 0.6 is 0 Å². The molecular weight excluding hydrogens is 264 g/mol. The minimum Gasteiger partial charge on any atom is -0.481 e. The molecular formula is C18H36O3. The monoisotopic (exact) mass is 300 g/mol. The first-order valence-electron chi connectivity index (χ1n) is 8.86. The van der Waals surface area contributed by atoms with Crippen molar-refractivity contribution < 1.29 is 15.0 Å². The number of aliphatic hydroxyl groups excluding tert-OH is 1. The maximum Gasteiger partial charge on any atom is 0.308 e. The molecule has 0 bridgehead atoms. The summed E-state index contributed by atoms with van der Waals surface area (Å²) in [6.07, 6.45) is 12.6. The number of carbonyl (C=O) groups is 1. The molecule has 0 amide bonds. The van der Waals surface area contributed by atoms with Crippen molar-refractivity contribution in [1.29, 1.82) is 0 Å². The summed E-state index contributed by atoms with van der Waals surface area (Å²) in [4.78, 5) is 10.7. The molecule has 2 N–H and O–H groups in total. The van der Waals surface area contributed by atoms with Gasteiger partial charge in [0.15, 0.2) is 0 Å². The molecule has 1 unspecified atom stereocenters. The lowest BCUT2D eigenvalue weighted by Gasteiger charge is -2.14. The number of hydrogen-bond donors (Lipinski definition) is 2. The van der Waals surface area contributed by atoms with E-state index in [1.54, 1.807) is 6.92 Å². The maximum atomic E-state index is 10.7. The van der Waals surface area contributed by atoms with Gasteiger partial charge in [-0.1, -0.05) is 78.1 Å². The SMILES string of the molecule is CC(C)CCCCCCCCCCCC(O)[C@@H](C)C(=O)O. The number of rotatable bonds is 14. The van der Waals surface area contributed by atoms with Gasteiger partial charge >= 0.3 is 5.97 Å². The van der Waals surface area contributed by atoms with Crippen LogP contribution in [-0.2, 0) is 4.79 Å². The van der Waals surface area contributed by atoms with E-state index >= 15 is 0 Å². The summed E-state index contributed by atoms with van der Waals surface area (Å²) in [5.41, 5.74) is 0. The fourth-order valence-corrected chi connectivity index (χ4v) is 2.56. The van der Waals surface area contributed by atoms with Crippen LogP contribution in [-0.4, -0.2) is 22.3 Å². The van der Waals surface area contributed by atoms with Gasteiger partial charge in [-0.2, -0.15) is 0 Å². The molecule has 0 aliphatic heterocycles. The number of aliphatic carboxylic acids is 1. The van der Waals surface area contributed by atoms with Crippen molar-refractivity contribution in [3.8, 4) is 0 Å². The van der Waals surface area contributed by atoms with E-state index in [0.29, 0.717) is 6.42 Å². The van der Waals surface area contributed by atoms with Gasteiger partial charge in [0.1, 0.15) is 0 Å². The highest BCUT2D eigenvalue weighted by molar-refractivity contribution is 5.70. The third kappa shape index (κ3) is 12.9. The number of carboxylic acid groups (broad SMARTS) is 1. The number of aliphatic hydroxyl groups is 1. The van der Waals surface area contributed by atoms with Crippen LogP contribution in [0.1, 0.15) is 91.4 Å². The standard InChI is InChI=1S/C18H36O3/c1-15(2)13-11-9-7-5-4-6-8-10-12-14-17(19)16(3)18(20)21/h15-17,19H,4-14H2,1-3H3,(H,20,21)/t16-,17?/m1/s1. The summed E-state index contributed by atoms with van der Waals surface area (Å²) in [6.45, 7) is 6.15. The van der Waals surface area contributed by atoms with Crippen molar-refractivity contribution in [2.45, 2.75) is 97.5 Å². The Morgan fingerprint density at radius 3 is 1.52 bits per heavy atom. The molecule has 2 atom stereocenters. The average molecular weight is 300 g/mol. The van der Waals surface area contributed by atoms with Crippen molar-refractivity contribution in [3.63, 3.8) is 0 Å². The second-order valence-corrected chi connectivity index (χ2v) is 6.85. The summed E-state index contributed by atoms with van der Waals surface area (Å²) in [7, 11) is 0. The zero-order valence-electron chi connectivity index (χ0n) is 14.3. The zero-order valence-corrected chi connectivity index (χ0v) is 14.3. The molecule has 0 saturated carbocycles. The van der Waals surface area contributed by atoms with Crippen molar-refractivity contribution >= 4 is 5.97 Å². The molecule has 0 spiro atoms. The van der Waals surface area contributed by atoms with E-state index < -0.39 is 18.0 Å². The highest BCUT2D eigenvalue weighted by atomic mass is 16.4. The predicted octanol–water partition coefficient (Wildman–Crippen LogP) is 5.02. The molecule has 0 aromatic rings. The number of carboxylic acids is 1. The molecule has 3 nitrogen and oxygen atoms in total. The third-order valence-electron chi connectivity index (χ3n) is 4.25. The fraction of sp³-hybridized carbons (Fsp3) is 0.944. The van der Waals surface area contributed by atoms with Gasteiger partial charge in [0.25, 0.3) is 0 Å². The van der Waals surface area contributed by atoms with Crippen LogP contribution in [0.4, 0.5) is 0 Å². The van der Waals surface area contributed by atoms with Crippen LogP contribution in [0.3, 0.4) is 0 Å². The van der Waals surface area contributed by atoms with Crippen LogP contribution in [0.25, 0.3) is 0 Å². The summed E-state index contributed by atoms with van der Waals surface area (Å²) in [5, 5.41) is 18.5. The highest BCUT2D eigenvalue weighted by Crippen LogP contribution is 2.15. The Bertz CT molecular complexity index is 251. The number of hydrogen-bond acceptors (Lipinski definition) is 2. The van der Waals surface area contributed by atoms with Gasteiger partial charge in [-0.15, -0.1) is 0 Å². The molecule has 3 heteroatoms. The van der Waals surface area contributed by atoms with Gasteiger partial charge in [-0.3, -0.25) is 4.79 Å². The Labute approximate surface area is 131 Å². The Hall–Kier alpha value is -0.570. The molecule has 0 rings (SSSR count). The van der Waals surface area contributed by atoms with Crippen LogP contribution in [0.5, 0.6) is 0 Å². The second-order valence-electron chi connectivity index (χ2n) is 6.85. The van der Waals surface area contributed by atoms with E-state index in [9.17, 15) is 9.90 Å². The lowest BCUT2D eigenvalue weighted by atomic mass is 9.98. The van der Waals surface area contributed by atoms with Crippen molar-refractivity contribution in [2.75, 3.05) is 0 Å². The van der Waals surface area contributed by atoms with Gasteiger partial charge in [0, 0.05) is 0 Å². The van der Waals surface area contributed by atoms with Crippen molar-refractivity contribution in [3.05, 3.63) is 0 Å². The van der Waals surface area contributed by atoms with Crippen molar-refractivity contribution in [2.24, 2.45) is 11.8 Å². The van der Waals surface area contributed by atoms with E-state index in [1.807, 2.05) is 0 Å². The first kappa shape index (κ1) is 20.4. The van der Waals surface area contributed by atoms with Crippen LogP contribution < -0.4 is 0 Å². The predicted molar refractivity (Wildman–Crippen MR) is 88.4 cm³/mol. The van der Waals surface area contributed by atoms with E-state index in [2.05, 4.69) is 13.8 Å². The summed E-state index contributed by atoms with van der Waals surface area (Å²) < 4.78 is 0. The third-order valence-corrected chi connectivity index (χ3v) is 4.25. The molecule has 0 radical (unpaired) electrons. The second kappa shape index (κ2) is 13.1. The summed E-state index contributed by atoms with van der Waals surface area (Å²) >= 11 is 0. The summed E-state index contributed by atoms with van der Waals surface area (Å²) in [6, 6.07) is 0. The van der Waals surface area contributed by atoms with Gasteiger partial charge in [-0.25, -0.2) is 0 Å². The zero-order chi connectivity index (χ0) is 16.1. The first-order chi connectivity index (χ1) is 9.95. The lowest BCUT2D eigenvalue weighted by molar-refractivity contribution is -0.144. The minimum atomic E-state index is -0.903. The fourth-order valence-electron chi connectivity index (χ4n) is 2.56. The van der Waals surface area contributed by atoms with E-state index in [1.165, 1.54) is 51.4 Å².